The van der Waals surface area contributed by atoms with E-state index >= 15 is 0 Å². The molecule has 0 saturated heterocycles. The first kappa shape index (κ1) is 21.5. The van der Waals surface area contributed by atoms with Crippen LogP contribution in [-0.4, -0.2) is 48.2 Å². The Labute approximate surface area is 196 Å². The summed E-state index contributed by atoms with van der Waals surface area (Å²) < 4.78 is 25.9. The average molecular weight is 477 g/mol. The van der Waals surface area contributed by atoms with Crippen LogP contribution in [0.3, 0.4) is 0 Å². The third-order valence-electron chi connectivity index (χ3n) is 5.55. The molecule has 0 atom stereocenters. The van der Waals surface area contributed by atoms with Crippen LogP contribution in [0.2, 0.25) is 0 Å². The number of aryl methyl sites for hydroxylation is 1. The fourth-order valence-electron chi connectivity index (χ4n) is 4.08. The van der Waals surface area contributed by atoms with Crippen LogP contribution in [0.1, 0.15) is 18.2 Å². The molecule has 3 heterocycles. The van der Waals surface area contributed by atoms with E-state index in [1.807, 2.05) is 24.7 Å². The lowest BCUT2D eigenvalue weighted by molar-refractivity contribution is -0.114. The van der Waals surface area contributed by atoms with Gasteiger partial charge in [-0.3, -0.25) is 9.78 Å². The number of pyridine rings is 1. The molecule has 0 radical (unpaired) electrons. The first-order valence-electron chi connectivity index (χ1n) is 10.3. The molecule has 166 valence electrons. The Morgan fingerprint density at radius 2 is 2.06 bits per heavy atom. The standard InChI is InChI=1S/C22H20BN5O3S2/c1-12(29)25-22-26-17-7-6-15-19(13-4-3-9-24-11-13)27-28(20(15)21(17)32-22)18-8-5-14(10-16(18)23)33(2,30)31/h3-5,8-11H,6-7,23H2,1-2H3,(H,25,26,29). The van der Waals surface area contributed by atoms with Crippen molar-refractivity contribution >= 4 is 45.5 Å². The molecule has 0 unspecified atom stereocenters. The summed E-state index contributed by atoms with van der Waals surface area (Å²) in [4.78, 5) is 21.7. The number of anilines is 1. The number of amides is 1. The molecule has 1 amide bonds. The highest BCUT2D eigenvalue weighted by atomic mass is 32.2. The van der Waals surface area contributed by atoms with Gasteiger partial charge >= 0.3 is 0 Å². The Kier molecular flexibility index (Phi) is 5.17. The van der Waals surface area contributed by atoms with E-state index in [1.54, 1.807) is 30.6 Å². The lowest BCUT2D eigenvalue weighted by Gasteiger charge is -2.15. The summed E-state index contributed by atoms with van der Waals surface area (Å²) in [5.74, 6) is -0.168. The minimum absolute atomic E-state index is 0.168. The van der Waals surface area contributed by atoms with Crippen molar-refractivity contribution < 1.29 is 13.2 Å². The largest absolute Gasteiger partial charge is 0.302 e. The highest BCUT2D eigenvalue weighted by Gasteiger charge is 2.30. The number of aromatic nitrogens is 4. The quantitative estimate of drug-likeness (QED) is 0.449. The van der Waals surface area contributed by atoms with Crippen molar-refractivity contribution in [2.24, 2.45) is 0 Å². The predicted molar refractivity (Wildman–Crippen MR) is 131 cm³/mol. The number of fused-ring (bicyclic) bond motifs is 3. The van der Waals surface area contributed by atoms with E-state index in [2.05, 4.69) is 15.3 Å². The molecule has 8 nitrogen and oxygen atoms in total. The van der Waals surface area contributed by atoms with Gasteiger partial charge in [0, 0.05) is 36.7 Å². The van der Waals surface area contributed by atoms with Crippen molar-refractivity contribution in [2.45, 2.75) is 24.7 Å². The fourth-order valence-corrected chi connectivity index (χ4v) is 5.90. The van der Waals surface area contributed by atoms with E-state index in [9.17, 15) is 13.2 Å². The summed E-state index contributed by atoms with van der Waals surface area (Å²) in [7, 11) is -1.45. The molecule has 0 bridgehead atoms. The fraction of sp³-hybridized carbons (Fsp3) is 0.182. The maximum absolute atomic E-state index is 12.0. The molecule has 0 fully saturated rings. The molecule has 1 aliphatic rings. The summed E-state index contributed by atoms with van der Waals surface area (Å²) in [5, 5.41) is 8.32. The van der Waals surface area contributed by atoms with Crippen molar-refractivity contribution in [3.05, 3.63) is 54.0 Å². The first-order chi connectivity index (χ1) is 15.7. The lowest BCUT2D eigenvalue weighted by Crippen LogP contribution is -2.17. The maximum Gasteiger partial charge on any atom is 0.223 e. The van der Waals surface area contributed by atoms with Gasteiger partial charge in [-0.2, -0.15) is 5.10 Å². The van der Waals surface area contributed by atoms with Crippen LogP contribution in [0, 0.1) is 0 Å². The zero-order valence-corrected chi connectivity index (χ0v) is 19.9. The topological polar surface area (TPSA) is 107 Å². The Balaban J connectivity index is 1.75. The molecule has 1 N–H and O–H groups in total. The summed E-state index contributed by atoms with van der Waals surface area (Å²) in [5.41, 5.74) is 6.24. The van der Waals surface area contributed by atoms with Crippen molar-refractivity contribution in [1.82, 2.24) is 19.7 Å². The second-order valence-corrected chi connectivity index (χ2v) is 11.0. The number of rotatable bonds is 4. The third kappa shape index (κ3) is 3.87. The van der Waals surface area contributed by atoms with Crippen LogP contribution < -0.4 is 10.8 Å². The van der Waals surface area contributed by atoms with Gasteiger partial charge in [-0.1, -0.05) is 16.8 Å². The first-order valence-corrected chi connectivity index (χ1v) is 13.0. The Morgan fingerprint density at radius 3 is 2.73 bits per heavy atom. The van der Waals surface area contributed by atoms with E-state index in [4.69, 9.17) is 5.10 Å². The molecule has 1 aliphatic carbocycles. The number of nitrogens with zero attached hydrogens (tertiary/aromatic N) is 4. The minimum atomic E-state index is -3.32. The van der Waals surface area contributed by atoms with Crippen molar-refractivity contribution in [3.63, 3.8) is 0 Å². The molecule has 0 spiro atoms. The predicted octanol–water partition coefficient (Wildman–Crippen LogP) is 1.78. The van der Waals surface area contributed by atoms with Crippen molar-refractivity contribution in [2.75, 3.05) is 11.6 Å². The Bertz CT molecular complexity index is 1510. The smallest absolute Gasteiger partial charge is 0.223 e. The van der Waals surface area contributed by atoms with Crippen molar-refractivity contribution in [1.29, 1.82) is 0 Å². The van der Waals surface area contributed by atoms with Crippen LogP contribution in [-0.2, 0) is 27.5 Å². The van der Waals surface area contributed by atoms with Gasteiger partial charge in [0.1, 0.15) is 7.85 Å². The van der Waals surface area contributed by atoms with Gasteiger partial charge in [-0.05, 0) is 43.2 Å². The molecule has 11 heteroatoms. The van der Waals surface area contributed by atoms with Crippen LogP contribution in [0.15, 0.2) is 47.6 Å². The lowest BCUT2D eigenvalue weighted by atomic mass is 9.93. The second kappa shape index (κ2) is 7.93. The van der Waals surface area contributed by atoms with Crippen LogP contribution in [0.4, 0.5) is 5.13 Å². The molecule has 1 aromatic carbocycles. The monoisotopic (exact) mass is 477 g/mol. The Morgan fingerprint density at radius 1 is 1.24 bits per heavy atom. The molecule has 4 aromatic rings. The molecule has 33 heavy (non-hydrogen) atoms. The summed E-state index contributed by atoms with van der Waals surface area (Å²) in [6.07, 6.45) is 6.20. The van der Waals surface area contributed by atoms with Gasteiger partial charge in [-0.25, -0.2) is 18.1 Å². The number of carbonyl (C=O) groups is 1. The summed E-state index contributed by atoms with van der Waals surface area (Å²) in [6.45, 7) is 1.46. The van der Waals surface area contributed by atoms with Gasteiger partial charge in [0.2, 0.25) is 5.91 Å². The highest BCUT2D eigenvalue weighted by molar-refractivity contribution is 7.90. The van der Waals surface area contributed by atoms with E-state index in [1.165, 1.54) is 24.5 Å². The number of hydrogen-bond donors (Lipinski definition) is 1. The summed E-state index contributed by atoms with van der Waals surface area (Å²) >= 11 is 1.42. The molecule has 3 aromatic heterocycles. The molecular formula is C22H20BN5O3S2. The third-order valence-corrected chi connectivity index (χ3v) is 7.68. The normalized spacial score (nSPS) is 12.8. The minimum Gasteiger partial charge on any atom is -0.302 e. The SMILES string of the molecule is Bc1cc(S(C)(=O)=O)ccc1-n1nc(-c2cccnc2)c2c1-c1sc(NC(C)=O)nc1CC2. The zero-order chi connectivity index (χ0) is 23.3. The Hall–Kier alpha value is -3.31. The van der Waals surface area contributed by atoms with E-state index in [0.29, 0.717) is 5.13 Å². The van der Waals surface area contributed by atoms with Gasteiger partial charge < -0.3 is 5.32 Å². The van der Waals surface area contributed by atoms with E-state index < -0.39 is 9.84 Å². The number of benzene rings is 1. The van der Waals surface area contributed by atoms with E-state index in [0.717, 1.165) is 57.1 Å². The molecule has 0 saturated carbocycles. The highest BCUT2D eigenvalue weighted by Crippen LogP contribution is 2.43. The van der Waals surface area contributed by atoms with Crippen LogP contribution in [0.25, 0.3) is 27.5 Å². The van der Waals surface area contributed by atoms with Gasteiger partial charge in [0.05, 0.1) is 32.5 Å². The number of carbonyl (C=O) groups excluding carboxylic acids is 1. The molecule has 5 rings (SSSR count). The van der Waals surface area contributed by atoms with Crippen molar-refractivity contribution in [3.8, 4) is 27.5 Å². The van der Waals surface area contributed by atoms with E-state index in [-0.39, 0.29) is 10.8 Å². The zero-order valence-electron chi connectivity index (χ0n) is 18.3. The molecular weight excluding hydrogens is 457 g/mol. The number of thiazole rings is 1. The number of sulfone groups is 1. The van der Waals surface area contributed by atoms with Crippen LogP contribution in [0.5, 0.6) is 0 Å². The van der Waals surface area contributed by atoms with Gasteiger partial charge in [-0.15, -0.1) is 0 Å². The van der Waals surface area contributed by atoms with Gasteiger partial charge in [0.25, 0.3) is 0 Å². The van der Waals surface area contributed by atoms with Gasteiger partial charge in [0.15, 0.2) is 15.0 Å². The number of nitrogens with one attached hydrogen (secondary N) is 1. The number of hydrogen-bond acceptors (Lipinski definition) is 7. The maximum atomic E-state index is 12.0. The second-order valence-electron chi connectivity index (χ2n) is 8.03. The summed E-state index contributed by atoms with van der Waals surface area (Å²) in [6, 6.07) is 8.92. The van der Waals surface area contributed by atoms with Crippen LogP contribution >= 0.6 is 11.3 Å². The average Bonchev–Trinajstić information content (AvgIpc) is 3.34. The molecule has 0 aliphatic heterocycles.